The number of aromatic amines is 1. The summed E-state index contributed by atoms with van der Waals surface area (Å²) in [5.74, 6) is -0.0654. The van der Waals surface area contributed by atoms with Gasteiger partial charge < -0.3 is 4.98 Å². The van der Waals surface area contributed by atoms with Gasteiger partial charge in [-0.25, -0.2) is 13.8 Å². The predicted octanol–water partition coefficient (Wildman–Crippen LogP) is 4.58. The summed E-state index contributed by atoms with van der Waals surface area (Å²) in [6, 6.07) is 2.71. The number of aryl methyl sites for hydroxylation is 1. The molecule has 20 heavy (non-hydrogen) atoms. The van der Waals surface area contributed by atoms with Gasteiger partial charge in [0.2, 0.25) is 0 Å². The molecule has 1 aromatic carbocycles. The van der Waals surface area contributed by atoms with E-state index in [0.717, 1.165) is 18.7 Å². The standard InChI is InChI=1S/C15H14F2N2S/c1-7-3-6-10(16)11(12(7)17)13-8(2)15(20)19-14(18-13)9-4-5-9/h3,6,9H,4-5H2,1-2H3,(H,18,19,20). The van der Waals surface area contributed by atoms with E-state index in [4.69, 9.17) is 12.2 Å². The van der Waals surface area contributed by atoms with E-state index in [1.54, 1.807) is 13.8 Å². The second-order valence-corrected chi connectivity index (χ2v) is 5.64. The minimum Gasteiger partial charge on any atom is -0.343 e. The molecular weight excluding hydrogens is 278 g/mol. The van der Waals surface area contributed by atoms with Gasteiger partial charge in [0.25, 0.3) is 0 Å². The molecule has 0 bridgehead atoms. The predicted molar refractivity (Wildman–Crippen MR) is 76.2 cm³/mol. The fraction of sp³-hybridized carbons (Fsp3) is 0.333. The molecule has 0 radical (unpaired) electrons. The van der Waals surface area contributed by atoms with E-state index >= 15 is 0 Å². The third-order valence-corrected chi connectivity index (χ3v) is 4.07. The van der Waals surface area contributed by atoms with Gasteiger partial charge in [0.1, 0.15) is 22.1 Å². The lowest BCUT2D eigenvalue weighted by Gasteiger charge is -2.12. The SMILES string of the molecule is Cc1ccc(F)c(-c2[nH]c(C3CC3)nc(=S)c2C)c1F. The highest BCUT2D eigenvalue weighted by molar-refractivity contribution is 7.71. The van der Waals surface area contributed by atoms with Crippen LogP contribution in [0.25, 0.3) is 11.3 Å². The van der Waals surface area contributed by atoms with E-state index in [1.165, 1.54) is 12.1 Å². The van der Waals surface area contributed by atoms with Crippen LogP contribution in [0.15, 0.2) is 12.1 Å². The minimum absolute atomic E-state index is 0.0436. The molecule has 2 aromatic rings. The Labute approximate surface area is 120 Å². The molecule has 1 aliphatic rings. The maximum atomic E-state index is 14.3. The molecule has 1 fully saturated rings. The number of H-pyrrole nitrogens is 1. The fourth-order valence-electron chi connectivity index (χ4n) is 2.24. The highest BCUT2D eigenvalue weighted by Crippen LogP contribution is 2.39. The molecule has 1 saturated carbocycles. The summed E-state index contributed by atoms with van der Waals surface area (Å²) in [4.78, 5) is 7.40. The maximum Gasteiger partial charge on any atom is 0.138 e. The molecule has 5 heteroatoms. The lowest BCUT2D eigenvalue weighted by atomic mass is 10.0. The summed E-state index contributed by atoms with van der Waals surface area (Å²) in [6.07, 6.45) is 2.08. The third-order valence-electron chi connectivity index (χ3n) is 3.67. The van der Waals surface area contributed by atoms with E-state index < -0.39 is 11.6 Å². The van der Waals surface area contributed by atoms with Crippen molar-refractivity contribution in [3.05, 3.63) is 45.4 Å². The van der Waals surface area contributed by atoms with Crippen molar-refractivity contribution in [1.82, 2.24) is 9.97 Å². The first-order chi connectivity index (χ1) is 9.49. The third kappa shape index (κ3) is 2.16. The van der Waals surface area contributed by atoms with Gasteiger partial charge in [-0.2, -0.15) is 0 Å². The normalized spacial score (nSPS) is 14.6. The van der Waals surface area contributed by atoms with Crippen molar-refractivity contribution in [3.63, 3.8) is 0 Å². The number of nitrogens with one attached hydrogen (secondary N) is 1. The Morgan fingerprint density at radius 2 is 1.95 bits per heavy atom. The molecule has 0 atom stereocenters. The van der Waals surface area contributed by atoms with E-state index in [1.807, 2.05) is 0 Å². The second kappa shape index (κ2) is 4.74. The van der Waals surface area contributed by atoms with E-state index in [-0.39, 0.29) is 5.56 Å². The van der Waals surface area contributed by atoms with Gasteiger partial charge in [-0.3, -0.25) is 0 Å². The summed E-state index contributed by atoms with van der Waals surface area (Å²) in [5.41, 5.74) is 1.38. The smallest absolute Gasteiger partial charge is 0.138 e. The van der Waals surface area contributed by atoms with Gasteiger partial charge >= 0.3 is 0 Å². The fourth-order valence-corrected chi connectivity index (χ4v) is 2.44. The number of nitrogens with zero attached hydrogens (tertiary/aromatic N) is 1. The van der Waals surface area contributed by atoms with Gasteiger partial charge in [0.15, 0.2) is 0 Å². The van der Waals surface area contributed by atoms with Gasteiger partial charge in [0, 0.05) is 11.5 Å². The quantitative estimate of drug-likeness (QED) is 0.821. The number of benzene rings is 1. The molecule has 0 aliphatic heterocycles. The van der Waals surface area contributed by atoms with Gasteiger partial charge in [0.05, 0.1) is 11.3 Å². The molecule has 1 aromatic heterocycles. The van der Waals surface area contributed by atoms with Crippen LogP contribution in [0.3, 0.4) is 0 Å². The Morgan fingerprint density at radius 1 is 1.25 bits per heavy atom. The molecule has 1 aliphatic carbocycles. The van der Waals surface area contributed by atoms with Crippen molar-refractivity contribution in [2.45, 2.75) is 32.6 Å². The highest BCUT2D eigenvalue weighted by Gasteiger charge is 2.27. The lowest BCUT2D eigenvalue weighted by molar-refractivity contribution is 0.582. The monoisotopic (exact) mass is 292 g/mol. The van der Waals surface area contributed by atoms with Crippen molar-refractivity contribution < 1.29 is 8.78 Å². The molecule has 2 nitrogen and oxygen atoms in total. The van der Waals surface area contributed by atoms with Crippen molar-refractivity contribution in [2.24, 2.45) is 0 Å². The lowest BCUT2D eigenvalue weighted by Crippen LogP contribution is -2.03. The molecular formula is C15H14F2N2S. The number of halogens is 2. The first-order valence-corrected chi connectivity index (χ1v) is 6.95. The Balaban J connectivity index is 2.29. The van der Waals surface area contributed by atoms with Crippen LogP contribution in [0.2, 0.25) is 0 Å². The van der Waals surface area contributed by atoms with Crippen LogP contribution in [0.4, 0.5) is 8.78 Å². The van der Waals surface area contributed by atoms with Crippen molar-refractivity contribution >= 4 is 12.2 Å². The minimum atomic E-state index is -0.588. The van der Waals surface area contributed by atoms with Gasteiger partial charge in [-0.1, -0.05) is 18.3 Å². The van der Waals surface area contributed by atoms with Gasteiger partial charge in [-0.15, -0.1) is 0 Å². The van der Waals surface area contributed by atoms with Crippen LogP contribution in [0.5, 0.6) is 0 Å². The summed E-state index contributed by atoms with van der Waals surface area (Å²) >= 11 is 5.22. The Morgan fingerprint density at radius 3 is 2.60 bits per heavy atom. The zero-order valence-electron chi connectivity index (χ0n) is 11.3. The van der Waals surface area contributed by atoms with Gasteiger partial charge in [-0.05, 0) is 38.3 Å². The van der Waals surface area contributed by atoms with E-state index in [2.05, 4.69) is 9.97 Å². The number of rotatable bonds is 2. The molecule has 1 heterocycles. The largest absolute Gasteiger partial charge is 0.343 e. The maximum absolute atomic E-state index is 14.3. The van der Waals surface area contributed by atoms with Crippen LogP contribution in [0, 0.1) is 30.1 Å². The molecule has 0 saturated heterocycles. The zero-order chi connectivity index (χ0) is 14.4. The Bertz CT molecular complexity index is 748. The van der Waals surface area contributed by atoms with Crippen molar-refractivity contribution in [2.75, 3.05) is 0 Å². The van der Waals surface area contributed by atoms with E-state index in [0.29, 0.717) is 27.4 Å². The number of hydrogen-bond acceptors (Lipinski definition) is 2. The molecule has 0 amide bonds. The van der Waals surface area contributed by atoms with Crippen LogP contribution >= 0.6 is 12.2 Å². The van der Waals surface area contributed by atoms with Crippen molar-refractivity contribution in [1.29, 1.82) is 0 Å². The summed E-state index contributed by atoms with van der Waals surface area (Å²) in [5, 5.41) is 0. The first-order valence-electron chi connectivity index (χ1n) is 6.55. The van der Waals surface area contributed by atoms with Crippen LogP contribution < -0.4 is 0 Å². The Kier molecular flexibility index (Phi) is 3.17. The van der Waals surface area contributed by atoms with Crippen LogP contribution in [-0.4, -0.2) is 9.97 Å². The Hall–Kier alpha value is -1.62. The number of hydrogen-bond donors (Lipinski definition) is 1. The molecule has 1 N–H and O–H groups in total. The first kappa shape index (κ1) is 13.4. The highest BCUT2D eigenvalue weighted by atomic mass is 32.1. The van der Waals surface area contributed by atoms with Crippen LogP contribution in [-0.2, 0) is 0 Å². The van der Waals surface area contributed by atoms with Crippen molar-refractivity contribution in [3.8, 4) is 11.3 Å². The zero-order valence-corrected chi connectivity index (χ0v) is 12.1. The average Bonchev–Trinajstić information content (AvgIpc) is 3.23. The summed E-state index contributed by atoms with van der Waals surface area (Å²) < 4.78 is 28.8. The molecule has 0 spiro atoms. The average molecular weight is 292 g/mol. The molecule has 104 valence electrons. The summed E-state index contributed by atoms with van der Waals surface area (Å²) in [7, 11) is 0. The second-order valence-electron chi connectivity index (χ2n) is 5.25. The number of aromatic nitrogens is 2. The topological polar surface area (TPSA) is 28.7 Å². The summed E-state index contributed by atoms with van der Waals surface area (Å²) in [6.45, 7) is 3.35. The van der Waals surface area contributed by atoms with Crippen LogP contribution in [0.1, 0.15) is 35.7 Å². The van der Waals surface area contributed by atoms with E-state index in [9.17, 15) is 8.78 Å². The molecule has 3 rings (SSSR count). The molecule has 0 unspecified atom stereocenters.